The quantitative estimate of drug-likeness (QED) is 0.384. The number of aromatic nitrogens is 1. The Balaban J connectivity index is 1.94. The molecule has 0 saturated heterocycles. The van der Waals surface area contributed by atoms with E-state index in [1.807, 2.05) is 51.1 Å². The van der Waals surface area contributed by atoms with Crippen LogP contribution in [0.2, 0.25) is 0 Å². The van der Waals surface area contributed by atoms with Crippen molar-refractivity contribution in [2.45, 2.75) is 46.8 Å². The van der Waals surface area contributed by atoms with Crippen molar-refractivity contribution in [3.05, 3.63) is 84.5 Å². The zero-order valence-corrected chi connectivity index (χ0v) is 23.3. The van der Waals surface area contributed by atoms with Crippen LogP contribution in [0.5, 0.6) is 17.2 Å². The van der Waals surface area contributed by atoms with Gasteiger partial charge in [0, 0.05) is 5.56 Å². The van der Waals surface area contributed by atoms with E-state index < -0.39 is 12.0 Å². The van der Waals surface area contributed by atoms with E-state index in [4.69, 9.17) is 18.9 Å². The first-order valence-corrected chi connectivity index (χ1v) is 13.4. The van der Waals surface area contributed by atoms with Gasteiger partial charge in [0.2, 0.25) is 0 Å². The van der Waals surface area contributed by atoms with Gasteiger partial charge >= 0.3 is 5.97 Å². The number of fused-ring (bicyclic) bond motifs is 1. The summed E-state index contributed by atoms with van der Waals surface area (Å²) in [5.41, 5.74) is 2.00. The van der Waals surface area contributed by atoms with Gasteiger partial charge < -0.3 is 18.9 Å². The maximum absolute atomic E-state index is 13.9. The van der Waals surface area contributed by atoms with Crippen molar-refractivity contribution >= 4 is 23.4 Å². The molecule has 3 aromatic rings. The van der Waals surface area contributed by atoms with Gasteiger partial charge in [-0.05, 0) is 64.5 Å². The van der Waals surface area contributed by atoms with E-state index in [2.05, 4.69) is 4.99 Å². The van der Waals surface area contributed by atoms with Crippen LogP contribution < -0.4 is 29.1 Å². The molecule has 0 bridgehead atoms. The highest BCUT2D eigenvalue weighted by Gasteiger charge is 2.34. The fourth-order valence-corrected chi connectivity index (χ4v) is 5.38. The number of thiazole rings is 1. The second kappa shape index (κ2) is 11.7. The number of hydrogen-bond donors (Lipinski definition) is 0. The Kier molecular flexibility index (Phi) is 8.36. The Morgan fingerprint density at radius 2 is 1.87 bits per heavy atom. The summed E-state index contributed by atoms with van der Waals surface area (Å²) >= 11 is 1.26. The number of carbonyl (C=O) groups is 1. The number of hydrogen-bond acceptors (Lipinski definition) is 8. The largest absolute Gasteiger partial charge is 0.493 e. The second-order valence-corrected chi connectivity index (χ2v) is 9.86. The molecule has 0 radical (unpaired) electrons. The van der Waals surface area contributed by atoms with E-state index in [0.29, 0.717) is 50.0 Å². The molecule has 1 atom stereocenters. The molecular weight excluding hydrogens is 504 g/mol. The van der Waals surface area contributed by atoms with Crippen molar-refractivity contribution < 1.29 is 23.7 Å². The lowest BCUT2D eigenvalue weighted by Gasteiger charge is -2.25. The molecule has 9 heteroatoms. The SMILES string of the molecule is CCOC(=O)C1=C(C)N=c2sc(=Cc3ccccc3OCC)c(=O)n2C1c1ccc(OC(C)C)c(OC)c1. The first-order chi connectivity index (χ1) is 18.3. The third kappa shape index (κ3) is 5.38. The monoisotopic (exact) mass is 536 g/mol. The molecule has 2 heterocycles. The molecule has 0 saturated carbocycles. The Morgan fingerprint density at radius 1 is 1.11 bits per heavy atom. The molecule has 0 N–H and O–H groups in total. The van der Waals surface area contributed by atoms with Crippen LogP contribution in [0.4, 0.5) is 0 Å². The summed E-state index contributed by atoms with van der Waals surface area (Å²) < 4.78 is 24.6. The van der Waals surface area contributed by atoms with Crippen LogP contribution >= 0.6 is 11.3 Å². The predicted octanol–water partition coefficient (Wildman–Crippen LogP) is 3.99. The van der Waals surface area contributed by atoms with Crippen LogP contribution in [-0.4, -0.2) is 37.0 Å². The minimum absolute atomic E-state index is 0.0516. The van der Waals surface area contributed by atoms with E-state index in [-0.39, 0.29) is 18.3 Å². The van der Waals surface area contributed by atoms with Crippen molar-refractivity contribution in [3.63, 3.8) is 0 Å². The highest BCUT2D eigenvalue weighted by molar-refractivity contribution is 7.07. The lowest BCUT2D eigenvalue weighted by molar-refractivity contribution is -0.139. The van der Waals surface area contributed by atoms with Crippen molar-refractivity contribution in [2.24, 2.45) is 4.99 Å². The molecule has 200 valence electrons. The Bertz CT molecular complexity index is 1550. The number of nitrogens with zero attached hydrogens (tertiary/aromatic N) is 2. The van der Waals surface area contributed by atoms with Gasteiger partial charge in [-0.2, -0.15) is 0 Å². The van der Waals surface area contributed by atoms with Gasteiger partial charge in [-0.3, -0.25) is 9.36 Å². The Labute approximate surface area is 225 Å². The minimum Gasteiger partial charge on any atom is -0.493 e. The molecule has 0 amide bonds. The molecule has 4 rings (SSSR count). The van der Waals surface area contributed by atoms with Gasteiger partial charge in [-0.15, -0.1) is 0 Å². The number of carbonyl (C=O) groups excluding carboxylic acids is 1. The molecule has 2 aromatic carbocycles. The standard InChI is InChI=1S/C29H32N2O6S/c1-7-35-21-12-10-9-11-19(21)16-24-27(32)31-26(20-13-14-22(37-17(3)4)23(15-20)34-6)25(28(33)36-8-2)18(5)30-29(31)38-24/h9-17,26H,7-8H2,1-6H3. The second-order valence-electron chi connectivity index (χ2n) is 8.85. The molecular formula is C29H32N2O6S. The summed E-state index contributed by atoms with van der Waals surface area (Å²) in [5, 5.41) is 0. The van der Waals surface area contributed by atoms with Gasteiger partial charge in [0.15, 0.2) is 16.3 Å². The molecule has 0 fully saturated rings. The summed E-state index contributed by atoms with van der Waals surface area (Å²) in [6.45, 7) is 9.98. The van der Waals surface area contributed by atoms with Crippen LogP contribution in [-0.2, 0) is 9.53 Å². The fraction of sp³-hybridized carbons (Fsp3) is 0.345. The Morgan fingerprint density at radius 3 is 2.55 bits per heavy atom. The molecule has 1 unspecified atom stereocenters. The van der Waals surface area contributed by atoms with E-state index in [1.165, 1.54) is 11.3 Å². The summed E-state index contributed by atoms with van der Waals surface area (Å²) in [6.07, 6.45) is 1.75. The number of benzene rings is 2. The zero-order valence-electron chi connectivity index (χ0n) is 22.4. The molecule has 38 heavy (non-hydrogen) atoms. The zero-order chi connectivity index (χ0) is 27.4. The molecule has 0 spiro atoms. The number of ether oxygens (including phenoxy) is 4. The third-order valence-corrected chi connectivity index (χ3v) is 6.87. The first kappa shape index (κ1) is 27.2. The maximum Gasteiger partial charge on any atom is 0.338 e. The van der Waals surface area contributed by atoms with E-state index in [1.54, 1.807) is 43.7 Å². The molecule has 8 nitrogen and oxygen atoms in total. The first-order valence-electron chi connectivity index (χ1n) is 12.5. The van der Waals surface area contributed by atoms with E-state index in [0.717, 1.165) is 5.56 Å². The van der Waals surface area contributed by atoms with Crippen molar-refractivity contribution in [2.75, 3.05) is 20.3 Å². The molecule has 1 aromatic heterocycles. The number of para-hydroxylation sites is 1. The Hall–Kier alpha value is -3.85. The van der Waals surface area contributed by atoms with Crippen molar-refractivity contribution in [3.8, 4) is 17.2 Å². The summed E-state index contributed by atoms with van der Waals surface area (Å²) in [5.74, 6) is 1.24. The summed E-state index contributed by atoms with van der Waals surface area (Å²) in [7, 11) is 1.56. The number of rotatable bonds is 9. The highest BCUT2D eigenvalue weighted by atomic mass is 32.1. The number of methoxy groups -OCH3 is 1. The van der Waals surface area contributed by atoms with E-state index >= 15 is 0 Å². The number of esters is 1. The average molecular weight is 537 g/mol. The highest BCUT2D eigenvalue weighted by Crippen LogP contribution is 2.36. The van der Waals surface area contributed by atoms with Crippen LogP contribution in [0.1, 0.15) is 51.8 Å². The lowest BCUT2D eigenvalue weighted by Crippen LogP contribution is -2.40. The normalized spacial score (nSPS) is 15.2. The van der Waals surface area contributed by atoms with Gasteiger partial charge in [0.05, 0.1) is 48.3 Å². The van der Waals surface area contributed by atoms with Gasteiger partial charge in [-0.25, -0.2) is 9.79 Å². The van der Waals surface area contributed by atoms with Crippen molar-refractivity contribution in [1.82, 2.24) is 4.57 Å². The van der Waals surface area contributed by atoms with Crippen LogP contribution in [0.3, 0.4) is 0 Å². The smallest absolute Gasteiger partial charge is 0.338 e. The third-order valence-electron chi connectivity index (χ3n) is 5.89. The van der Waals surface area contributed by atoms with Crippen molar-refractivity contribution in [1.29, 1.82) is 0 Å². The van der Waals surface area contributed by atoms with Gasteiger partial charge in [0.25, 0.3) is 5.56 Å². The molecule has 1 aliphatic heterocycles. The molecule has 1 aliphatic rings. The van der Waals surface area contributed by atoms with Gasteiger partial charge in [-0.1, -0.05) is 35.6 Å². The van der Waals surface area contributed by atoms with Crippen LogP contribution in [0, 0.1) is 0 Å². The minimum atomic E-state index is -0.753. The number of allylic oxidation sites excluding steroid dienone is 1. The van der Waals surface area contributed by atoms with Gasteiger partial charge in [0.1, 0.15) is 5.75 Å². The van der Waals surface area contributed by atoms with Crippen LogP contribution in [0.15, 0.2) is 63.5 Å². The van der Waals surface area contributed by atoms with E-state index in [9.17, 15) is 9.59 Å². The lowest BCUT2D eigenvalue weighted by atomic mass is 9.95. The summed E-state index contributed by atoms with van der Waals surface area (Å²) in [4.78, 5) is 32.2. The van der Waals surface area contributed by atoms with Crippen LogP contribution in [0.25, 0.3) is 6.08 Å². The fourth-order valence-electron chi connectivity index (χ4n) is 4.34. The summed E-state index contributed by atoms with van der Waals surface area (Å²) in [6, 6.07) is 12.2. The topological polar surface area (TPSA) is 88.4 Å². The average Bonchev–Trinajstić information content (AvgIpc) is 3.18. The molecule has 0 aliphatic carbocycles. The predicted molar refractivity (Wildman–Crippen MR) is 147 cm³/mol. The maximum atomic E-state index is 13.9.